The molecule has 0 aliphatic carbocycles. The number of rotatable bonds is 7. The minimum atomic E-state index is -0.200. The van der Waals surface area contributed by atoms with Gasteiger partial charge < -0.3 is 14.8 Å². The zero-order chi connectivity index (χ0) is 19.4. The summed E-state index contributed by atoms with van der Waals surface area (Å²) in [5, 5.41) is 2.94. The lowest BCUT2D eigenvalue weighted by Gasteiger charge is -2.10. The Morgan fingerprint density at radius 3 is 2.63 bits per heavy atom. The lowest BCUT2D eigenvalue weighted by molar-refractivity contribution is 0.102. The fourth-order valence-corrected chi connectivity index (χ4v) is 4.55. The van der Waals surface area contributed by atoms with Crippen LogP contribution in [0.5, 0.6) is 11.5 Å². The highest BCUT2D eigenvalue weighted by atomic mass is 32.2. The predicted molar refractivity (Wildman–Crippen MR) is 113 cm³/mol. The quantitative estimate of drug-likeness (QED) is 0.543. The Labute approximate surface area is 167 Å². The van der Waals surface area contributed by atoms with E-state index in [9.17, 15) is 4.79 Å². The fraction of sp³-hybridized carbons (Fsp3) is 0.300. The van der Waals surface area contributed by atoms with Gasteiger partial charge >= 0.3 is 0 Å². The maximum atomic E-state index is 12.6. The largest absolute Gasteiger partial charge is 0.493 e. The van der Waals surface area contributed by atoms with Crippen molar-refractivity contribution in [1.82, 2.24) is 4.98 Å². The summed E-state index contributed by atoms with van der Waals surface area (Å²) in [7, 11) is 3.11. The van der Waals surface area contributed by atoms with Gasteiger partial charge in [0.15, 0.2) is 15.8 Å². The molecule has 3 aromatic rings. The fourth-order valence-electron chi connectivity index (χ4n) is 2.46. The number of methoxy groups -OCH3 is 2. The summed E-state index contributed by atoms with van der Waals surface area (Å²) < 4.78 is 12.6. The molecule has 0 atom stereocenters. The molecule has 0 unspecified atom stereocenters. The summed E-state index contributed by atoms with van der Waals surface area (Å²) in [4.78, 5) is 17.2. The van der Waals surface area contributed by atoms with E-state index in [4.69, 9.17) is 9.47 Å². The highest BCUT2D eigenvalue weighted by Crippen LogP contribution is 2.32. The number of hydrogen-bond donors (Lipinski definition) is 1. The monoisotopic (exact) mass is 402 g/mol. The van der Waals surface area contributed by atoms with Crippen molar-refractivity contribution in [2.24, 2.45) is 5.92 Å². The third-order valence-electron chi connectivity index (χ3n) is 3.81. The first-order valence-corrected chi connectivity index (χ1v) is 10.4. The number of benzene rings is 2. The number of amides is 1. The molecule has 0 aliphatic rings. The Balaban J connectivity index is 1.76. The summed E-state index contributed by atoms with van der Waals surface area (Å²) in [6.07, 6.45) is 0. The van der Waals surface area contributed by atoms with Crippen LogP contribution in [0.2, 0.25) is 0 Å². The normalized spacial score (nSPS) is 11.0. The van der Waals surface area contributed by atoms with Crippen LogP contribution in [0.15, 0.2) is 40.7 Å². The molecule has 3 rings (SSSR count). The van der Waals surface area contributed by atoms with Crippen LogP contribution in [0.4, 0.5) is 5.69 Å². The van der Waals surface area contributed by atoms with Crippen LogP contribution in [-0.2, 0) is 0 Å². The zero-order valence-electron chi connectivity index (χ0n) is 15.7. The third-order valence-corrected chi connectivity index (χ3v) is 6.40. The van der Waals surface area contributed by atoms with Crippen LogP contribution in [0.3, 0.4) is 0 Å². The number of fused-ring (bicyclic) bond motifs is 1. The Kier molecular flexibility index (Phi) is 6.23. The molecule has 1 amide bonds. The number of nitrogens with one attached hydrogen (secondary N) is 1. The van der Waals surface area contributed by atoms with Gasteiger partial charge in [0.25, 0.3) is 5.91 Å². The number of anilines is 1. The molecular weight excluding hydrogens is 380 g/mol. The first-order valence-electron chi connectivity index (χ1n) is 8.57. The minimum Gasteiger partial charge on any atom is -0.493 e. The van der Waals surface area contributed by atoms with Crippen molar-refractivity contribution in [1.29, 1.82) is 0 Å². The van der Waals surface area contributed by atoms with Crippen molar-refractivity contribution in [3.05, 3.63) is 42.0 Å². The number of aromatic nitrogens is 1. The molecule has 0 aliphatic heterocycles. The number of nitrogens with zero attached hydrogens (tertiary/aromatic N) is 1. The average molecular weight is 403 g/mol. The second-order valence-electron chi connectivity index (χ2n) is 6.39. The van der Waals surface area contributed by atoms with Crippen molar-refractivity contribution in [2.45, 2.75) is 18.2 Å². The van der Waals surface area contributed by atoms with Gasteiger partial charge in [0.2, 0.25) is 0 Å². The van der Waals surface area contributed by atoms with Gasteiger partial charge in [0, 0.05) is 17.0 Å². The van der Waals surface area contributed by atoms with E-state index in [-0.39, 0.29) is 5.91 Å². The standard InChI is InChI=1S/C20H22N2O3S2/c1-12(2)11-26-20-22-15-7-6-14(10-18(15)27-20)21-19(23)13-5-8-16(24-3)17(9-13)25-4/h5-10,12H,11H2,1-4H3,(H,21,23). The van der Waals surface area contributed by atoms with E-state index in [2.05, 4.69) is 24.1 Å². The second-order valence-corrected chi connectivity index (χ2v) is 8.69. The molecule has 1 N–H and O–H groups in total. The molecule has 142 valence electrons. The molecule has 0 spiro atoms. The Hall–Kier alpha value is -2.25. The van der Waals surface area contributed by atoms with Crippen LogP contribution < -0.4 is 14.8 Å². The third kappa shape index (κ3) is 4.73. The van der Waals surface area contributed by atoms with Crippen molar-refractivity contribution in [3.63, 3.8) is 0 Å². The minimum absolute atomic E-state index is 0.200. The highest BCUT2D eigenvalue weighted by molar-refractivity contribution is 8.01. The van der Waals surface area contributed by atoms with Crippen molar-refractivity contribution in [3.8, 4) is 11.5 Å². The van der Waals surface area contributed by atoms with E-state index in [0.717, 1.165) is 26.0 Å². The molecule has 7 heteroatoms. The lowest BCUT2D eigenvalue weighted by atomic mass is 10.2. The highest BCUT2D eigenvalue weighted by Gasteiger charge is 2.12. The molecule has 5 nitrogen and oxygen atoms in total. The summed E-state index contributed by atoms with van der Waals surface area (Å²) in [5.74, 6) is 2.58. The first-order chi connectivity index (χ1) is 13.0. The van der Waals surface area contributed by atoms with E-state index in [0.29, 0.717) is 23.0 Å². The van der Waals surface area contributed by atoms with Gasteiger partial charge in [-0.2, -0.15) is 0 Å². The summed E-state index contributed by atoms with van der Waals surface area (Å²) >= 11 is 3.42. The second kappa shape index (κ2) is 8.63. The molecule has 0 fully saturated rings. The summed E-state index contributed by atoms with van der Waals surface area (Å²) in [6.45, 7) is 4.39. The molecule has 1 aromatic heterocycles. The maximum Gasteiger partial charge on any atom is 0.255 e. The Morgan fingerprint density at radius 1 is 1.15 bits per heavy atom. The Morgan fingerprint density at radius 2 is 1.93 bits per heavy atom. The van der Waals surface area contributed by atoms with E-state index >= 15 is 0 Å². The zero-order valence-corrected chi connectivity index (χ0v) is 17.4. The molecule has 0 saturated carbocycles. The van der Waals surface area contributed by atoms with Crippen LogP contribution in [0.1, 0.15) is 24.2 Å². The SMILES string of the molecule is COc1ccc(C(=O)Nc2ccc3nc(SCC(C)C)sc3c2)cc1OC. The predicted octanol–water partition coefficient (Wildman–Crippen LogP) is 5.31. The van der Waals surface area contributed by atoms with Gasteiger partial charge in [-0.15, -0.1) is 11.3 Å². The number of ether oxygens (including phenoxy) is 2. The number of thioether (sulfide) groups is 1. The van der Waals surface area contributed by atoms with Gasteiger partial charge in [-0.25, -0.2) is 4.98 Å². The molecule has 27 heavy (non-hydrogen) atoms. The summed E-state index contributed by atoms with van der Waals surface area (Å²) in [5.41, 5.74) is 2.20. The first kappa shape index (κ1) is 19.5. The van der Waals surface area contributed by atoms with Crippen LogP contribution in [0.25, 0.3) is 10.2 Å². The molecule has 0 radical (unpaired) electrons. The summed E-state index contributed by atoms with van der Waals surface area (Å²) in [6, 6.07) is 10.9. The Bertz CT molecular complexity index is 954. The van der Waals surface area contributed by atoms with E-state index in [1.165, 1.54) is 0 Å². The number of hydrogen-bond acceptors (Lipinski definition) is 6. The molecule has 1 heterocycles. The van der Waals surface area contributed by atoms with Crippen LogP contribution in [0, 0.1) is 5.92 Å². The van der Waals surface area contributed by atoms with Gasteiger partial charge in [0.05, 0.1) is 24.4 Å². The van der Waals surface area contributed by atoms with Gasteiger partial charge in [0.1, 0.15) is 0 Å². The number of thiazole rings is 1. The maximum absolute atomic E-state index is 12.6. The van der Waals surface area contributed by atoms with Crippen LogP contribution in [-0.4, -0.2) is 30.9 Å². The topological polar surface area (TPSA) is 60.5 Å². The van der Waals surface area contributed by atoms with E-state index < -0.39 is 0 Å². The smallest absolute Gasteiger partial charge is 0.255 e. The number of carbonyl (C=O) groups excluding carboxylic acids is 1. The molecular formula is C20H22N2O3S2. The average Bonchev–Trinajstić information content (AvgIpc) is 3.08. The van der Waals surface area contributed by atoms with Crippen molar-refractivity contribution in [2.75, 3.05) is 25.3 Å². The molecule has 0 saturated heterocycles. The van der Waals surface area contributed by atoms with E-state index in [1.54, 1.807) is 55.5 Å². The van der Waals surface area contributed by atoms with Gasteiger partial charge in [-0.3, -0.25) is 4.79 Å². The van der Waals surface area contributed by atoms with Crippen molar-refractivity contribution < 1.29 is 14.3 Å². The van der Waals surface area contributed by atoms with Crippen LogP contribution >= 0.6 is 23.1 Å². The van der Waals surface area contributed by atoms with E-state index in [1.807, 2.05) is 18.2 Å². The van der Waals surface area contributed by atoms with Crippen molar-refractivity contribution >= 4 is 44.9 Å². The number of carbonyl (C=O) groups is 1. The molecule has 0 bridgehead atoms. The van der Waals surface area contributed by atoms with Gasteiger partial charge in [-0.1, -0.05) is 25.6 Å². The lowest BCUT2D eigenvalue weighted by Crippen LogP contribution is -2.12. The molecule has 2 aromatic carbocycles. The van der Waals surface area contributed by atoms with Gasteiger partial charge in [-0.05, 0) is 42.3 Å².